The van der Waals surface area contributed by atoms with Gasteiger partial charge < -0.3 is 14.9 Å². The van der Waals surface area contributed by atoms with E-state index in [4.69, 9.17) is 4.74 Å². The molecule has 2 N–H and O–H groups in total. The summed E-state index contributed by atoms with van der Waals surface area (Å²) in [4.78, 5) is 0. The van der Waals surface area contributed by atoms with Crippen molar-refractivity contribution in [2.24, 2.45) is 34.0 Å². The third-order valence-corrected chi connectivity index (χ3v) is 11.3. The Kier molecular flexibility index (Phi) is 4.48. The smallest absolute Gasteiger partial charge is 0.125 e. The number of hydrogen-bond acceptors (Lipinski definition) is 3. The van der Waals surface area contributed by atoms with Gasteiger partial charge in [-0.15, -0.1) is 0 Å². The van der Waals surface area contributed by atoms with Gasteiger partial charge in [0.15, 0.2) is 0 Å². The number of phenols is 1. The molecule has 0 heterocycles. The molecular formula is C28H42O3. The van der Waals surface area contributed by atoms with Gasteiger partial charge in [-0.1, -0.05) is 34.6 Å². The Morgan fingerprint density at radius 2 is 1.52 bits per heavy atom. The van der Waals surface area contributed by atoms with Crippen LogP contribution in [0.4, 0.5) is 0 Å². The molecule has 0 aromatic heterocycles. The Balaban J connectivity index is 1.60. The fourth-order valence-corrected chi connectivity index (χ4v) is 9.93. The molecule has 3 saturated carbocycles. The SMILES string of the molecule is COc1c(C)cc(O)c2c1C[C@H]1[C@@]3(C)CC[C@H]4C(C)(C)[C@@H](O)CC[C@@]4(C)C3CC[C@]21C. The monoisotopic (exact) mass is 426 g/mol. The summed E-state index contributed by atoms with van der Waals surface area (Å²) >= 11 is 0. The van der Waals surface area contributed by atoms with Gasteiger partial charge in [0.05, 0.1) is 13.2 Å². The van der Waals surface area contributed by atoms with Gasteiger partial charge in [-0.05, 0) is 97.5 Å². The lowest BCUT2D eigenvalue weighted by molar-refractivity contribution is -0.201. The van der Waals surface area contributed by atoms with E-state index in [9.17, 15) is 10.2 Å². The second kappa shape index (κ2) is 6.43. The third-order valence-electron chi connectivity index (χ3n) is 11.3. The van der Waals surface area contributed by atoms with Crippen molar-refractivity contribution in [2.45, 2.75) is 98.0 Å². The summed E-state index contributed by atoms with van der Waals surface area (Å²) in [6, 6.07) is 1.92. The first-order valence-corrected chi connectivity index (χ1v) is 12.5. The Hall–Kier alpha value is -1.22. The zero-order valence-corrected chi connectivity index (χ0v) is 20.6. The second-order valence-electron chi connectivity index (χ2n) is 12.8. The molecule has 0 radical (unpaired) electrons. The molecular weight excluding hydrogens is 384 g/mol. The van der Waals surface area contributed by atoms with E-state index in [-0.39, 0.29) is 27.8 Å². The maximum absolute atomic E-state index is 11.1. The highest BCUT2D eigenvalue weighted by Crippen LogP contribution is 2.73. The average Bonchev–Trinajstić information content (AvgIpc) is 3.00. The van der Waals surface area contributed by atoms with Crippen LogP contribution in [-0.4, -0.2) is 23.4 Å². The van der Waals surface area contributed by atoms with Gasteiger partial charge in [0.25, 0.3) is 0 Å². The molecule has 1 aromatic carbocycles. The van der Waals surface area contributed by atoms with Crippen molar-refractivity contribution in [3.05, 3.63) is 22.8 Å². The molecule has 172 valence electrons. The van der Waals surface area contributed by atoms with Crippen LogP contribution < -0.4 is 4.74 Å². The first kappa shape index (κ1) is 21.6. The minimum absolute atomic E-state index is 0.00762. The van der Waals surface area contributed by atoms with E-state index in [2.05, 4.69) is 41.5 Å². The van der Waals surface area contributed by atoms with Gasteiger partial charge in [0.2, 0.25) is 0 Å². The summed E-state index contributed by atoms with van der Waals surface area (Å²) in [6.07, 6.45) is 7.71. The van der Waals surface area contributed by atoms with Crippen molar-refractivity contribution >= 4 is 0 Å². The van der Waals surface area contributed by atoms with Crippen molar-refractivity contribution in [1.82, 2.24) is 0 Å². The van der Waals surface area contributed by atoms with Crippen LogP contribution in [0.1, 0.15) is 89.8 Å². The van der Waals surface area contributed by atoms with Crippen molar-refractivity contribution in [3.63, 3.8) is 0 Å². The van der Waals surface area contributed by atoms with E-state index in [0.717, 1.165) is 37.0 Å². The number of benzene rings is 1. The van der Waals surface area contributed by atoms with Gasteiger partial charge in [-0.25, -0.2) is 0 Å². The Labute approximate surface area is 188 Å². The number of aliphatic hydroxyl groups is 1. The summed E-state index contributed by atoms with van der Waals surface area (Å²) in [7, 11) is 1.77. The van der Waals surface area contributed by atoms with Crippen LogP contribution in [0, 0.1) is 40.9 Å². The first-order chi connectivity index (χ1) is 14.4. The second-order valence-corrected chi connectivity index (χ2v) is 12.8. The van der Waals surface area contributed by atoms with Crippen LogP contribution in [-0.2, 0) is 11.8 Å². The zero-order valence-electron chi connectivity index (χ0n) is 20.6. The van der Waals surface area contributed by atoms with E-state index in [1.165, 1.54) is 30.4 Å². The molecule has 0 amide bonds. The van der Waals surface area contributed by atoms with Crippen molar-refractivity contribution in [2.75, 3.05) is 7.11 Å². The molecule has 31 heavy (non-hydrogen) atoms. The number of fused-ring (bicyclic) bond motifs is 7. The normalized spacial score (nSPS) is 45.3. The lowest BCUT2D eigenvalue weighted by atomic mass is 9.37. The number of hydrogen-bond donors (Lipinski definition) is 2. The van der Waals surface area contributed by atoms with Gasteiger partial charge in [0, 0.05) is 16.5 Å². The predicted molar refractivity (Wildman–Crippen MR) is 125 cm³/mol. The molecule has 1 aromatic rings. The van der Waals surface area contributed by atoms with Crippen LogP contribution in [0.25, 0.3) is 0 Å². The molecule has 1 unspecified atom stereocenters. The largest absolute Gasteiger partial charge is 0.508 e. The fourth-order valence-electron chi connectivity index (χ4n) is 9.93. The topological polar surface area (TPSA) is 49.7 Å². The number of ether oxygens (including phenoxy) is 1. The summed E-state index contributed by atoms with van der Waals surface area (Å²) in [5.74, 6) is 3.25. The lowest BCUT2D eigenvalue weighted by Gasteiger charge is -2.68. The average molecular weight is 427 g/mol. The van der Waals surface area contributed by atoms with Crippen LogP contribution in [0.3, 0.4) is 0 Å². The Morgan fingerprint density at radius 1 is 0.903 bits per heavy atom. The van der Waals surface area contributed by atoms with Crippen LogP contribution in [0.2, 0.25) is 0 Å². The molecule has 3 heteroatoms. The molecule has 0 bridgehead atoms. The zero-order chi connectivity index (χ0) is 22.6. The highest BCUT2D eigenvalue weighted by Gasteiger charge is 2.67. The number of methoxy groups -OCH3 is 1. The lowest BCUT2D eigenvalue weighted by Crippen LogP contribution is -2.63. The van der Waals surface area contributed by atoms with Gasteiger partial charge >= 0.3 is 0 Å². The maximum atomic E-state index is 11.1. The number of aryl methyl sites for hydroxylation is 1. The predicted octanol–water partition coefficient (Wildman–Crippen LogP) is 6.15. The number of rotatable bonds is 1. The highest BCUT2D eigenvalue weighted by atomic mass is 16.5. The molecule has 4 aliphatic carbocycles. The molecule has 4 aliphatic rings. The molecule has 0 aliphatic heterocycles. The summed E-state index contributed by atoms with van der Waals surface area (Å²) < 4.78 is 5.87. The van der Waals surface area contributed by atoms with Crippen LogP contribution in [0.5, 0.6) is 11.5 Å². The fraction of sp³-hybridized carbons (Fsp3) is 0.786. The molecule has 3 nitrogen and oxygen atoms in total. The first-order valence-electron chi connectivity index (χ1n) is 12.5. The molecule has 0 saturated heterocycles. The van der Waals surface area contributed by atoms with E-state index < -0.39 is 0 Å². The van der Waals surface area contributed by atoms with Crippen LogP contribution >= 0.6 is 0 Å². The van der Waals surface area contributed by atoms with Crippen LogP contribution in [0.15, 0.2) is 6.07 Å². The van der Waals surface area contributed by atoms with E-state index in [1.807, 2.05) is 6.07 Å². The van der Waals surface area contributed by atoms with E-state index >= 15 is 0 Å². The van der Waals surface area contributed by atoms with Gasteiger partial charge in [-0.2, -0.15) is 0 Å². The third kappa shape index (κ3) is 2.50. The number of phenolic OH excluding ortho intramolecular Hbond substituents is 1. The molecule has 7 atom stereocenters. The minimum Gasteiger partial charge on any atom is -0.508 e. The van der Waals surface area contributed by atoms with E-state index in [1.54, 1.807) is 7.11 Å². The number of aromatic hydroxyl groups is 1. The van der Waals surface area contributed by atoms with Crippen molar-refractivity contribution < 1.29 is 14.9 Å². The Morgan fingerprint density at radius 3 is 2.19 bits per heavy atom. The summed E-state index contributed by atoms with van der Waals surface area (Å²) in [5.41, 5.74) is 4.02. The minimum atomic E-state index is -0.177. The maximum Gasteiger partial charge on any atom is 0.125 e. The number of aliphatic hydroxyl groups excluding tert-OH is 1. The van der Waals surface area contributed by atoms with Crippen molar-refractivity contribution in [3.8, 4) is 11.5 Å². The molecule has 5 rings (SSSR count). The van der Waals surface area contributed by atoms with E-state index in [0.29, 0.717) is 23.5 Å². The summed E-state index contributed by atoms with van der Waals surface area (Å²) in [6.45, 7) is 14.2. The summed E-state index contributed by atoms with van der Waals surface area (Å²) in [5, 5.41) is 21.9. The van der Waals surface area contributed by atoms with Gasteiger partial charge in [-0.3, -0.25) is 0 Å². The van der Waals surface area contributed by atoms with Crippen molar-refractivity contribution in [1.29, 1.82) is 0 Å². The standard InChI is InChI=1S/C28H42O3/c1-16-14-18(29)23-17(24(16)31-7)15-21-27(5)11-8-19-25(2,3)22(30)10-13-26(19,4)20(27)9-12-28(21,23)6/h14,19-22,29-30H,8-13,15H2,1-7H3/t19-,20?,21-,22-,26+,27-,28-/m0/s1. The molecule has 3 fully saturated rings. The Bertz CT molecular complexity index is 919. The highest BCUT2D eigenvalue weighted by molar-refractivity contribution is 5.59. The van der Waals surface area contributed by atoms with Gasteiger partial charge in [0.1, 0.15) is 11.5 Å². The molecule has 0 spiro atoms. The quantitative estimate of drug-likeness (QED) is 0.566.